The quantitative estimate of drug-likeness (QED) is 0.252. The second kappa shape index (κ2) is 9.24. The molecule has 0 bridgehead atoms. The number of unbranched alkanes of at least 4 members (excludes halogenated alkanes) is 1. The number of piperazine rings is 1. The van der Waals surface area contributed by atoms with E-state index in [0.717, 1.165) is 39.1 Å². The molecule has 0 unspecified atom stereocenters. The van der Waals surface area contributed by atoms with Crippen molar-refractivity contribution < 1.29 is 24.6 Å². The monoisotopic (exact) mass is 303 g/mol. The van der Waals surface area contributed by atoms with Crippen LogP contribution in [-0.4, -0.2) is 77.6 Å². The van der Waals surface area contributed by atoms with Gasteiger partial charge in [-0.2, -0.15) is 0 Å². The van der Waals surface area contributed by atoms with Crippen molar-refractivity contribution in [2.75, 3.05) is 45.9 Å². The molecule has 1 N–H and O–H groups in total. The number of nitrogens with zero attached hydrogens (tertiary/aromatic N) is 3. The molecule has 0 amide bonds. The number of carbonyl (C=O) groups excluding carboxylic acids is 1. The summed E-state index contributed by atoms with van der Waals surface area (Å²) in [5, 5.41) is 17.7. The van der Waals surface area contributed by atoms with Gasteiger partial charge in [0.2, 0.25) is 5.78 Å². The molecule has 120 valence electrons. The van der Waals surface area contributed by atoms with Crippen LogP contribution in [0, 0.1) is 10.1 Å². The highest BCUT2D eigenvalue weighted by Crippen LogP contribution is 2.05. The van der Waals surface area contributed by atoms with Crippen molar-refractivity contribution >= 4 is 11.8 Å². The van der Waals surface area contributed by atoms with E-state index in [0.29, 0.717) is 13.0 Å². The van der Waals surface area contributed by atoms with Crippen molar-refractivity contribution in [3.05, 3.63) is 10.1 Å². The van der Waals surface area contributed by atoms with E-state index in [4.69, 9.17) is 5.11 Å². The summed E-state index contributed by atoms with van der Waals surface area (Å²) in [5.74, 6) is -2.09. The summed E-state index contributed by atoms with van der Waals surface area (Å²) < 4.78 is 0. The summed E-state index contributed by atoms with van der Waals surface area (Å²) in [6.45, 7) is 4.86. The van der Waals surface area contributed by atoms with Crippen molar-refractivity contribution in [3.8, 4) is 0 Å². The van der Waals surface area contributed by atoms with Crippen molar-refractivity contribution in [2.24, 2.45) is 0 Å². The fourth-order valence-electron chi connectivity index (χ4n) is 2.21. The highest BCUT2D eigenvalue weighted by molar-refractivity contribution is 6.32. The van der Waals surface area contributed by atoms with Gasteiger partial charge in [-0.3, -0.25) is 9.69 Å². The van der Waals surface area contributed by atoms with Crippen molar-refractivity contribution in [2.45, 2.75) is 19.3 Å². The molecule has 21 heavy (non-hydrogen) atoms. The van der Waals surface area contributed by atoms with Crippen molar-refractivity contribution in [1.29, 1.82) is 0 Å². The minimum atomic E-state index is -1.36. The Morgan fingerprint density at radius 2 is 1.67 bits per heavy atom. The molecule has 0 aromatic carbocycles. The molecule has 0 aromatic rings. The maximum Gasteiger partial charge on any atom is 0.372 e. The number of ketones is 1. The van der Waals surface area contributed by atoms with Crippen LogP contribution >= 0.6 is 0 Å². The summed E-state index contributed by atoms with van der Waals surface area (Å²) in [6.07, 6.45) is 1.47. The molecule has 9 nitrogen and oxygen atoms in total. The molecule has 0 aromatic heterocycles. The average molecular weight is 303 g/mol. The highest BCUT2D eigenvalue weighted by Gasteiger charge is 2.17. The maximum atomic E-state index is 10.9. The normalized spacial score (nSPS) is 16.6. The largest absolute Gasteiger partial charge is 0.476 e. The number of hydrogen-bond donors (Lipinski definition) is 1. The van der Waals surface area contributed by atoms with Gasteiger partial charge in [0.05, 0.1) is 0 Å². The molecule has 1 aliphatic heterocycles. The predicted molar refractivity (Wildman–Crippen MR) is 72.3 cm³/mol. The molecular formula is C12H21N3O6. The van der Waals surface area contributed by atoms with Crippen LogP contribution in [0.2, 0.25) is 0 Å². The first-order valence-corrected chi connectivity index (χ1v) is 6.97. The van der Waals surface area contributed by atoms with Gasteiger partial charge in [-0.15, -0.1) is 10.1 Å². The predicted octanol–water partition coefficient (Wildman–Crippen LogP) is -0.364. The fraction of sp³-hybridized carbons (Fsp3) is 0.833. The molecule has 1 rings (SSSR count). The van der Waals surface area contributed by atoms with Gasteiger partial charge in [-0.25, -0.2) is 4.79 Å². The van der Waals surface area contributed by atoms with Crippen molar-refractivity contribution in [1.82, 2.24) is 9.80 Å². The van der Waals surface area contributed by atoms with E-state index in [9.17, 15) is 19.7 Å². The SMILES string of the molecule is O=C(O)C(=O)CCCCN1CCN(CCO[N+](=O)[O-])CC1. The fourth-order valence-corrected chi connectivity index (χ4v) is 2.21. The second-order valence-electron chi connectivity index (χ2n) is 4.93. The van der Waals surface area contributed by atoms with Gasteiger partial charge >= 0.3 is 5.97 Å². The summed E-state index contributed by atoms with van der Waals surface area (Å²) in [7, 11) is 0. The molecule has 1 saturated heterocycles. The zero-order valence-electron chi connectivity index (χ0n) is 11.9. The van der Waals surface area contributed by atoms with Gasteiger partial charge in [-0.1, -0.05) is 0 Å². The molecule has 0 atom stereocenters. The first-order valence-electron chi connectivity index (χ1n) is 6.97. The lowest BCUT2D eigenvalue weighted by Crippen LogP contribution is -2.47. The molecule has 1 fully saturated rings. The van der Waals surface area contributed by atoms with E-state index in [1.165, 1.54) is 0 Å². The summed E-state index contributed by atoms with van der Waals surface area (Å²) in [4.78, 5) is 39.9. The number of Topliss-reactive ketones (excluding diaryl/α,β-unsaturated/α-hetero) is 1. The van der Waals surface area contributed by atoms with Crippen molar-refractivity contribution in [3.63, 3.8) is 0 Å². The lowest BCUT2D eigenvalue weighted by molar-refractivity contribution is -0.757. The Morgan fingerprint density at radius 3 is 2.19 bits per heavy atom. The Kier molecular flexibility index (Phi) is 7.62. The van der Waals surface area contributed by atoms with Crippen LogP contribution in [0.25, 0.3) is 0 Å². The topological polar surface area (TPSA) is 113 Å². The van der Waals surface area contributed by atoms with Gasteiger partial charge < -0.3 is 14.8 Å². The Hall–Kier alpha value is -1.74. The summed E-state index contributed by atoms with van der Waals surface area (Å²) >= 11 is 0. The van der Waals surface area contributed by atoms with Crippen LogP contribution in [0.3, 0.4) is 0 Å². The smallest absolute Gasteiger partial charge is 0.372 e. The highest BCUT2D eigenvalue weighted by atomic mass is 16.9. The van der Waals surface area contributed by atoms with Crippen LogP contribution in [0.5, 0.6) is 0 Å². The zero-order chi connectivity index (χ0) is 15.7. The molecule has 0 aliphatic carbocycles. The Labute approximate surface area is 122 Å². The van der Waals surface area contributed by atoms with E-state index in [-0.39, 0.29) is 13.0 Å². The number of aliphatic carboxylic acids is 1. The van der Waals surface area contributed by atoms with Crippen LogP contribution in [0.15, 0.2) is 0 Å². The lowest BCUT2D eigenvalue weighted by Gasteiger charge is -2.34. The molecule has 1 heterocycles. The number of carbonyl (C=O) groups is 2. The van der Waals surface area contributed by atoms with Gasteiger partial charge in [0.25, 0.3) is 5.09 Å². The van der Waals surface area contributed by atoms with Gasteiger partial charge in [-0.05, 0) is 19.4 Å². The Morgan fingerprint density at radius 1 is 1.10 bits per heavy atom. The van der Waals surface area contributed by atoms with Crippen LogP contribution in [-0.2, 0) is 14.4 Å². The third-order valence-corrected chi connectivity index (χ3v) is 3.44. The Bertz CT molecular complexity index is 368. The van der Waals surface area contributed by atoms with Crippen LogP contribution < -0.4 is 0 Å². The minimum absolute atomic E-state index is 0.0876. The zero-order valence-corrected chi connectivity index (χ0v) is 11.9. The number of hydrogen-bond acceptors (Lipinski definition) is 7. The third-order valence-electron chi connectivity index (χ3n) is 3.44. The van der Waals surface area contributed by atoms with E-state index >= 15 is 0 Å². The number of carboxylic acids is 1. The summed E-state index contributed by atoms with van der Waals surface area (Å²) in [6, 6.07) is 0. The molecule has 1 aliphatic rings. The standard InChI is InChI=1S/C12H21N3O6/c16-11(12(17)18)3-1-2-4-13-5-7-14(8-6-13)9-10-21-15(19)20/h1-10H2,(H,17,18). The van der Waals surface area contributed by atoms with Crippen LogP contribution in [0.4, 0.5) is 0 Å². The van der Waals surface area contributed by atoms with E-state index < -0.39 is 16.8 Å². The van der Waals surface area contributed by atoms with Gasteiger partial charge in [0.1, 0.15) is 6.61 Å². The molecule has 0 spiro atoms. The van der Waals surface area contributed by atoms with E-state index in [1.54, 1.807) is 0 Å². The van der Waals surface area contributed by atoms with Gasteiger partial charge in [0.15, 0.2) is 0 Å². The lowest BCUT2D eigenvalue weighted by atomic mass is 10.1. The first-order chi connectivity index (χ1) is 9.99. The van der Waals surface area contributed by atoms with E-state index in [2.05, 4.69) is 14.6 Å². The average Bonchev–Trinajstić information content (AvgIpc) is 2.44. The molecule has 0 saturated carbocycles. The molecule has 0 radical (unpaired) electrons. The molecular weight excluding hydrogens is 282 g/mol. The molecule has 9 heteroatoms. The summed E-state index contributed by atoms with van der Waals surface area (Å²) in [5.41, 5.74) is 0. The first kappa shape index (κ1) is 17.3. The van der Waals surface area contributed by atoms with Gasteiger partial charge in [0, 0.05) is 39.1 Å². The second-order valence-corrected chi connectivity index (χ2v) is 4.93. The maximum absolute atomic E-state index is 10.9. The Balaban J connectivity index is 2.04. The number of carboxylic acid groups (broad SMARTS) is 1. The third kappa shape index (κ3) is 7.57. The van der Waals surface area contributed by atoms with Crippen LogP contribution in [0.1, 0.15) is 19.3 Å². The number of rotatable bonds is 10. The minimum Gasteiger partial charge on any atom is -0.476 e. The van der Waals surface area contributed by atoms with E-state index in [1.807, 2.05) is 0 Å².